The molecule has 0 saturated heterocycles. The smallest absolute Gasteiger partial charge is 0.326 e. The van der Waals surface area contributed by atoms with E-state index >= 15 is 0 Å². The lowest BCUT2D eigenvalue weighted by Gasteiger charge is -2.23. The molecule has 9 N–H and O–H groups in total. The number of hydrogen-bond acceptors (Lipinski definition) is 8. The van der Waals surface area contributed by atoms with E-state index in [0.29, 0.717) is 5.75 Å². The Labute approximate surface area is 201 Å². The van der Waals surface area contributed by atoms with Gasteiger partial charge in [0.05, 0.1) is 12.5 Å². The first-order valence-corrected chi connectivity index (χ1v) is 11.8. The molecule has 0 radical (unpaired) electrons. The van der Waals surface area contributed by atoms with Gasteiger partial charge in [-0.1, -0.05) is 12.1 Å². The second kappa shape index (κ2) is 14.1. The van der Waals surface area contributed by atoms with E-state index in [0.717, 1.165) is 5.56 Å². The van der Waals surface area contributed by atoms with Crippen molar-refractivity contribution < 1.29 is 34.2 Å². The molecular weight excluding hydrogens is 466 g/mol. The van der Waals surface area contributed by atoms with Crippen molar-refractivity contribution in [2.24, 2.45) is 11.5 Å². The van der Waals surface area contributed by atoms with Gasteiger partial charge in [-0.3, -0.25) is 19.2 Å². The van der Waals surface area contributed by atoms with E-state index in [1.165, 1.54) is 30.8 Å². The number of benzene rings is 1. The Hall–Kier alpha value is -3.32. The molecule has 188 valence electrons. The van der Waals surface area contributed by atoms with Gasteiger partial charge in [-0.2, -0.15) is 11.8 Å². The molecule has 0 bridgehead atoms. The van der Waals surface area contributed by atoms with Gasteiger partial charge in [-0.15, -0.1) is 0 Å². The van der Waals surface area contributed by atoms with Crippen LogP contribution in [0.5, 0.6) is 5.75 Å². The van der Waals surface area contributed by atoms with Crippen LogP contribution in [0.1, 0.15) is 25.3 Å². The van der Waals surface area contributed by atoms with E-state index < -0.39 is 60.2 Å². The summed E-state index contributed by atoms with van der Waals surface area (Å²) in [6.45, 7) is 1.41. The van der Waals surface area contributed by atoms with Crippen LogP contribution in [-0.4, -0.2) is 76.0 Å². The van der Waals surface area contributed by atoms with Crippen molar-refractivity contribution in [3.63, 3.8) is 0 Å². The molecule has 0 aliphatic rings. The fraction of sp³-hybridized carbons (Fsp3) is 0.476. The van der Waals surface area contributed by atoms with Crippen LogP contribution in [-0.2, 0) is 30.4 Å². The first-order chi connectivity index (χ1) is 15.9. The van der Waals surface area contributed by atoms with Gasteiger partial charge in [0.25, 0.3) is 0 Å². The zero-order valence-electron chi connectivity index (χ0n) is 18.9. The summed E-state index contributed by atoms with van der Waals surface area (Å²) in [5.74, 6) is -3.84. The zero-order chi connectivity index (χ0) is 25.8. The van der Waals surface area contributed by atoms with E-state index in [4.69, 9.17) is 11.5 Å². The minimum atomic E-state index is -1.53. The predicted molar refractivity (Wildman–Crippen MR) is 126 cm³/mol. The summed E-state index contributed by atoms with van der Waals surface area (Å²) in [6, 6.07) is 1.55. The van der Waals surface area contributed by atoms with Gasteiger partial charge in [0.2, 0.25) is 23.6 Å². The number of nitrogens with two attached hydrogens (primary N) is 2. The Balaban J connectivity index is 2.74. The number of aromatic hydroxyl groups is 1. The van der Waals surface area contributed by atoms with E-state index in [1.54, 1.807) is 18.4 Å². The van der Waals surface area contributed by atoms with Crippen LogP contribution < -0.4 is 27.4 Å². The first-order valence-electron chi connectivity index (χ1n) is 10.4. The minimum Gasteiger partial charge on any atom is -0.508 e. The number of phenols is 1. The van der Waals surface area contributed by atoms with Crippen LogP contribution in [0.15, 0.2) is 24.3 Å². The Morgan fingerprint density at radius 1 is 0.971 bits per heavy atom. The molecule has 0 saturated carbocycles. The zero-order valence-corrected chi connectivity index (χ0v) is 19.8. The van der Waals surface area contributed by atoms with E-state index in [2.05, 4.69) is 16.0 Å². The number of carboxylic acid groups (broad SMARTS) is 1. The monoisotopic (exact) mass is 497 g/mol. The number of primary amides is 1. The maximum atomic E-state index is 12.6. The van der Waals surface area contributed by atoms with Gasteiger partial charge in [0, 0.05) is 0 Å². The molecule has 1 aromatic carbocycles. The Bertz CT molecular complexity index is 881. The average molecular weight is 498 g/mol. The fourth-order valence-electron chi connectivity index (χ4n) is 2.84. The number of carbonyl (C=O) groups is 5. The molecule has 0 aliphatic heterocycles. The summed E-state index contributed by atoms with van der Waals surface area (Å²) >= 11 is 1.41. The third kappa shape index (κ3) is 10.1. The van der Waals surface area contributed by atoms with Crippen LogP contribution in [0.4, 0.5) is 0 Å². The maximum absolute atomic E-state index is 12.6. The molecule has 13 heteroatoms. The highest BCUT2D eigenvalue weighted by molar-refractivity contribution is 7.98. The highest BCUT2D eigenvalue weighted by atomic mass is 32.2. The summed E-state index contributed by atoms with van der Waals surface area (Å²) in [4.78, 5) is 59.9. The standard InChI is InChI=1S/C21H31N5O7S/c1-11(24-19(30)14(22)9-12-3-5-13(27)6-4-12)18(29)25-15(7-8-34-2)20(31)26-16(21(32)33)10-17(23)28/h3-6,11,14-16,27H,7-10,22H2,1-2H3,(H2,23,28)(H,24,30)(H,25,29)(H,26,31)(H,32,33). The molecule has 0 aliphatic carbocycles. The molecule has 1 rings (SSSR count). The largest absolute Gasteiger partial charge is 0.508 e. The lowest BCUT2D eigenvalue weighted by molar-refractivity contribution is -0.143. The normalized spacial score (nSPS) is 14.2. The quantitative estimate of drug-likeness (QED) is 0.158. The Morgan fingerprint density at radius 2 is 1.56 bits per heavy atom. The van der Waals surface area contributed by atoms with Crippen molar-refractivity contribution in [1.82, 2.24) is 16.0 Å². The molecule has 12 nitrogen and oxygen atoms in total. The van der Waals surface area contributed by atoms with Gasteiger partial charge in [-0.05, 0) is 49.5 Å². The highest BCUT2D eigenvalue weighted by Crippen LogP contribution is 2.11. The molecule has 0 fully saturated rings. The molecule has 0 heterocycles. The summed E-state index contributed by atoms with van der Waals surface area (Å²) in [5, 5.41) is 25.7. The molecule has 1 aromatic rings. The summed E-state index contributed by atoms with van der Waals surface area (Å²) < 4.78 is 0. The van der Waals surface area contributed by atoms with E-state index in [1.807, 2.05) is 0 Å². The van der Waals surface area contributed by atoms with Crippen molar-refractivity contribution in [3.05, 3.63) is 29.8 Å². The highest BCUT2D eigenvalue weighted by Gasteiger charge is 2.29. The number of hydrogen-bond donors (Lipinski definition) is 7. The van der Waals surface area contributed by atoms with Crippen LogP contribution in [0.25, 0.3) is 0 Å². The second-order valence-electron chi connectivity index (χ2n) is 7.62. The average Bonchev–Trinajstić information content (AvgIpc) is 2.76. The van der Waals surface area contributed by atoms with Gasteiger partial charge in [0.15, 0.2) is 0 Å². The molecule has 34 heavy (non-hydrogen) atoms. The molecule has 4 unspecified atom stereocenters. The number of nitrogens with one attached hydrogen (secondary N) is 3. The van der Waals surface area contributed by atoms with Crippen molar-refractivity contribution in [1.29, 1.82) is 0 Å². The number of carbonyl (C=O) groups excluding carboxylic acids is 4. The minimum absolute atomic E-state index is 0.0800. The second-order valence-corrected chi connectivity index (χ2v) is 8.61. The van der Waals surface area contributed by atoms with Crippen LogP contribution >= 0.6 is 11.8 Å². The molecule has 0 spiro atoms. The van der Waals surface area contributed by atoms with Crippen molar-refractivity contribution >= 4 is 41.4 Å². The third-order valence-electron chi connectivity index (χ3n) is 4.74. The van der Waals surface area contributed by atoms with E-state index in [-0.39, 0.29) is 18.6 Å². The SMILES string of the molecule is CSCCC(NC(=O)C(C)NC(=O)C(N)Cc1ccc(O)cc1)C(=O)NC(CC(N)=O)C(=O)O. The van der Waals surface area contributed by atoms with Gasteiger partial charge < -0.3 is 37.6 Å². The topological polar surface area (TPSA) is 214 Å². The van der Waals surface area contributed by atoms with Gasteiger partial charge in [-0.25, -0.2) is 4.79 Å². The molecule has 4 amide bonds. The van der Waals surface area contributed by atoms with Gasteiger partial charge in [0.1, 0.15) is 23.9 Å². The lowest BCUT2D eigenvalue weighted by Crippen LogP contribution is -2.56. The molecule has 0 aromatic heterocycles. The number of rotatable bonds is 14. The number of thioether (sulfide) groups is 1. The summed E-state index contributed by atoms with van der Waals surface area (Å²) in [7, 11) is 0. The number of amides is 4. The Kier molecular flexibility index (Phi) is 11.9. The van der Waals surface area contributed by atoms with Crippen molar-refractivity contribution in [3.8, 4) is 5.75 Å². The fourth-order valence-corrected chi connectivity index (χ4v) is 3.31. The van der Waals surface area contributed by atoms with Crippen molar-refractivity contribution in [2.75, 3.05) is 12.0 Å². The third-order valence-corrected chi connectivity index (χ3v) is 5.39. The lowest BCUT2D eigenvalue weighted by atomic mass is 10.1. The Morgan fingerprint density at radius 3 is 2.09 bits per heavy atom. The summed E-state index contributed by atoms with van der Waals surface area (Å²) in [6.07, 6.45) is 1.55. The first kappa shape index (κ1) is 28.7. The number of phenolic OH excluding ortho intramolecular Hbond substituents is 1. The molecular formula is C21H31N5O7S. The van der Waals surface area contributed by atoms with E-state index in [9.17, 15) is 34.2 Å². The van der Waals surface area contributed by atoms with Crippen LogP contribution in [0, 0.1) is 0 Å². The number of aliphatic carboxylic acids is 1. The van der Waals surface area contributed by atoms with Crippen LogP contribution in [0.2, 0.25) is 0 Å². The predicted octanol–water partition coefficient (Wildman–Crippen LogP) is -1.55. The number of carboxylic acids is 1. The van der Waals surface area contributed by atoms with Gasteiger partial charge >= 0.3 is 5.97 Å². The van der Waals surface area contributed by atoms with Crippen molar-refractivity contribution in [2.45, 2.75) is 50.4 Å². The maximum Gasteiger partial charge on any atom is 0.326 e. The summed E-state index contributed by atoms with van der Waals surface area (Å²) in [5.41, 5.74) is 11.6. The molecule has 4 atom stereocenters. The van der Waals surface area contributed by atoms with Crippen LogP contribution in [0.3, 0.4) is 0 Å².